The van der Waals surface area contributed by atoms with Crippen LogP contribution in [0, 0.1) is 0 Å². The van der Waals surface area contributed by atoms with E-state index in [9.17, 15) is 0 Å². The lowest BCUT2D eigenvalue weighted by atomic mass is 10.3. The van der Waals surface area contributed by atoms with Gasteiger partial charge in [0, 0.05) is 12.7 Å². The summed E-state index contributed by atoms with van der Waals surface area (Å²) in [4.78, 5) is 4.80. The molecule has 0 amide bonds. The normalized spacial score (nSPS) is 15.5. The molecule has 3 nitrogen and oxygen atoms in total. The van der Waals surface area contributed by atoms with Crippen LogP contribution in [-0.2, 0) is 0 Å². The maximum Gasteiger partial charge on any atom is 0.223 e. The van der Waals surface area contributed by atoms with Gasteiger partial charge in [0.15, 0.2) is 0 Å². The first-order valence-corrected chi connectivity index (χ1v) is 4.15. The van der Waals surface area contributed by atoms with Crippen molar-refractivity contribution in [2.24, 2.45) is 0 Å². The molecule has 1 aromatic rings. The molecule has 1 aliphatic rings. The van der Waals surface area contributed by atoms with Crippen LogP contribution in [0.15, 0.2) is 18.3 Å². The summed E-state index contributed by atoms with van der Waals surface area (Å²) in [7, 11) is 0. The molecule has 0 saturated carbocycles. The van der Waals surface area contributed by atoms with Crippen LogP contribution in [0.3, 0.4) is 0 Å². The molecular formula is C8H8N2OS. The molecule has 0 aliphatic carbocycles. The van der Waals surface area contributed by atoms with Gasteiger partial charge in [-0.3, -0.25) is 0 Å². The van der Waals surface area contributed by atoms with Crippen LogP contribution in [0.25, 0.3) is 0 Å². The van der Waals surface area contributed by atoms with Crippen molar-refractivity contribution in [1.29, 1.82) is 0 Å². The van der Waals surface area contributed by atoms with Crippen LogP contribution in [0.1, 0.15) is 5.56 Å². The number of pyridine rings is 1. The molecule has 2 heterocycles. The number of rotatable bonds is 0. The highest BCUT2D eigenvalue weighted by Crippen LogP contribution is 2.15. The molecule has 1 aliphatic heterocycles. The predicted molar refractivity (Wildman–Crippen MR) is 49.4 cm³/mol. The van der Waals surface area contributed by atoms with E-state index in [4.69, 9.17) is 17.0 Å². The Morgan fingerprint density at radius 1 is 1.58 bits per heavy atom. The first-order chi connectivity index (χ1) is 5.88. The van der Waals surface area contributed by atoms with Crippen molar-refractivity contribution in [3.8, 4) is 5.88 Å². The van der Waals surface area contributed by atoms with E-state index in [1.807, 2.05) is 12.1 Å². The van der Waals surface area contributed by atoms with E-state index in [0.29, 0.717) is 12.5 Å². The predicted octanol–water partition coefficient (Wildman–Crippen LogP) is 0.739. The molecule has 1 aromatic heterocycles. The topological polar surface area (TPSA) is 34.1 Å². The molecule has 62 valence electrons. The van der Waals surface area contributed by atoms with Gasteiger partial charge in [-0.25, -0.2) is 4.98 Å². The van der Waals surface area contributed by atoms with Crippen molar-refractivity contribution in [2.45, 2.75) is 0 Å². The minimum absolute atomic E-state index is 0.615. The lowest BCUT2D eigenvalue weighted by molar-refractivity contribution is 0.315. The van der Waals surface area contributed by atoms with E-state index in [1.165, 1.54) is 0 Å². The highest BCUT2D eigenvalue weighted by atomic mass is 32.1. The second kappa shape index (κ2) is 3.06. The van der Waals surface area contributed by atoms with Gasteiger partial charge in [-0.2, -0.15) is 0 Å². The maximum absolute atomic E-state index is 5.36. The van der Waals surface area contributed by atoms with Gasteiger partial charge < -0.3 is 10.1 Å². The van der Waals surface area contributed by atoms with E-state index in [-0.39, 0.29) is 0 Å². The van der Waals surface area contributed by atoms with E-state index < -0.39 is 0 Å². The molecule has 0 atom stereocenters. The highest BCUT2D eigenvalue weighted by Gasteiger charge is 2.12. The molecule has 0 spiro atoms. The summed E-state index contributed by atoms with van der Waals surface area (Å²) in [5, 5.41) is 3.07. The van der Waals surface area contributed by atoms with Gasteiger partial charge in [0.2, 0.25) is 5.88 Å². The zero-order chi connectivity index (χ0) is 8.39. The van der Waals surface area contributed by atoms with Crippen LogP contribution < -0.4 is 10.1 Å². The average Bonchev–Trinajstić information content (AvgIpc) is 2.29. The summed E-state index contributed by atoms with van der Waals surface area (Å²) in [6, 6.07) is 3.75. The summed E-state index contributed by atoms with van der Waals surface area (Å²) in [6.45, 7) is 1.36. The van der Waals surface area contributed by atoms with Crippen molar-refractivity contribution in [3.63, 3.8) is 0 Å². The first kappa shape index (κ1) is 7.49. The fraction of sp³-hybridized carbons (Fsp3) is 0.250. The minimum Gasteiger partial charge on any atom is -0.475 e. The zero-order valence-corrected chi connectivity index (χ0v) is 7.23. The van der Waals surface area contributed by atoms with Gasteiger partial charge in [0.25, 0.3) is 0 Å². The Bertz CT molecular complexity index is 314. The number of aromatic nitrogens is 1. The van der Waals surface area contributed by atoms with Gasteiger partial charge in [-0.15, -0.1) is 0 Å². The number of fused-ring (bicyclic) bond motifs is 1. The molecule has 0 fully saturated rings. The maximum atomic E-state index is 5.36. The smallest absolute Gasteiger partial charge is 0.223 e. The Morgan fingerprint density at radius 2 is 2.50 bits per heavy atom. The van der Waals surface area contributed by atoms with Gasteiger partial charge in [-0.1, -0.05) is 12.2 Å². The van der Waals surface area contributed by atoms with Crippen LogP contribution >= 0.6 is 12.2 Å². The van der Waals surface area contributed by atoms with Gasteiger partial charge >= 0.3 is 0 Å². The number of ether oxygens (including phenoxy) is 1. The first-order valence-electron chi connectivity index (χ1n) is 3.74. The Morgan fingerprint density at radius 3 is 3.42 bits per heavy atom. The van der Waals surface area contributed by atoms with Crippen LogP contribution in [0.2, 0.25) is 0 Å². The average molecular weight is 180 g/mol. The molecule has 0 bridgehead atoms. The number of hydrogen-bond acceptors (Lipinski definition) is 3. The summed E-state index contributed by atoms with van der Waals surface area (Å²) in [5.41, 5.74) is 0.880. The fourth-order valence-electron chi connectivity index (χ4n) is 1.09. The third kappa shape index (κ3) is 1.25. The third-order valence-electron chi connectivity index (χ3n) is 1.64. The largest absolute Gasteiger partial charge is 0.475 e. The number of nitrogens with zero attached hydrogens (tertiary/aromatic N) is 1. The lowest BCUT2D eigenvalue weighted by Gasteiger charge is -2.02. The summed E-state index contributed by atoms with van der Waals surface area (Å²) < 4.78 is 5.36. The molecule has 0 aromatic carbocycles. The van der Waals surface area contributed by atoms with E-state index in [0.717, 1.165) is 17.1 Å². The van der Waals surface area contributed by atoms with E-state index in [1.54, 1.807) is 6.20 Å². The Balaban J connectivity index is 2.46. The molecule has 4 heteroatoms. The molecule has 1 N–H and O–H groups in total. The number of thiocarbonyl (C=S) groups is 1. The van der Waals surface area contributed by atoms with Gasteiger partial charge in [0.1, 0.15) is 11.6 Å². The fourth-order valence-corrected chi connectivity index (χ4v) is 1.34. The third-order valence-corrected chi connectivity index (χ3v) is 2.01. The van der Waals surface area contributed by atoms with E-state index >= 15 is 0 Å². The zero-order valence-electron chi connectivity index (χ0n) is 6.41. The quantitative estimate of drug-likeness (QED) is 0.597. The summed E-state index contributed by atoms with van der Waals surface area (Å²) >= 11 is 5.12. The summed E-state index contributed by atoms with van der Waals surface area (Å²) in [6.07, 6.45) is 1.70. The number of nitrogens with one attached hydrogen (secondary N) is 1. The Hall–Kier alpha value is -1.16. The van der Waals surface area contributed by atoms with Gasteiger partial charge in [0.05, 0.1) is 5.56 Å². The highest BCUT2D eigenvalue weighted by molar-refractivity contribution is 7.80. The molecule has 0 saturated heterocycles. The second-order valence-corrected chi connectivity index (χ2v) is 2.87. The van der Waals surface area contributed by atoms with Crippen molar-refractivity contribution < 1.29 is 4.74 Å². The van der Waals surface area contributed by atoms with Crippen molar-refractivity contribution in [2.75, 3.05) is 13.2 Å². The summed E-state index contributed by atoms with van der Waals surface area (Å²) in [5.74, 6) is 0.632. The molecule has 2 rings (SSSR count). The van der Waals surface area contributed by atoms with Crippen LogP contribution in [-0.4, -0.2) is 23.1 Å². The lowest BCUT2D eigenvalue weighted by Crippen LogP contribution is -2.23. The standard InChI is InChI=1S/C8H8N2OS/c12-8-6-2-1-3-9-7(6)11-5-4-10-8/h1-3H,4-5H2,(H,10,12). The molecular weight excluding hydrogens is 172 g/mol. The van der Waals surface area contributed by atoms with Crippen LogP contribution in [0.4, 0.5) is 0 Å². The monoisotopic (exact) mass is 180 g/mol. The van der Waals surface area contributed by atoms with Crippen molar-refractivity contribution in [3.05, 3.63) is 23.9 Å². The van der Waals surface area contributed by atoms with Crippen LogP contribution in [0.5, 0.6) is 5.88 Å². The van der Waals surface area contributed by atoms with Gasteiger partial charge in [-0.05, 0) is 12.1 Å². The van der Waals surface area contributed by atoms with E-state index in [2.05, 4.69) is 10.3 Å². The Kier molecular flexibility index (Phi) is 1.91. The molecule has 0 unspecified atom stereocenters. The van der Waals surface area contributed by atoms with Crippen molar-refractivity contribution in [1.82, 2.24) is 10.3 Å². The minimum atomic E-state index is 0.615. The number of hydrogen-bond donors (Lipinski definition) is 1. The second-order valence-electron chi connectivity index (χ2n) is 2.46. The Labute approximate surface area is 75.8 Å². The SMILES string of the molecule is S=C1NCCOc2ncccc21. The van der Waals surface area contributed by atoms with Crippen molar-refractivity contribution >= 4 is 17.2 Å². The molecule has 12 heavy (non-hydrogen) atoms. The molecule has 0 radical (unpaired) electrons.